The van der Waals surface area contributed by atoms with Crippen molar-refractivity contribution >= 4 is 49.4 Å². The molecule has 3 aliphatic rings. The Kier molecular flexibility index (Phi) is 7.99. The summed E-state index contributed by atoms with van der Waals surface area (Å²) < 4.78 is 43.4. The van der Waals surface area contributed by atoms with Crippen molar-refractivity contribution in [2.75, 3.05) is 50.0 Å². The van der Waals surface area contributed by atoms with Gasteiger partial charge < -0.3 is 19.3 Å². The summed E-state index contributed by atoms with van der Waals surface area (Å²) >= 11 is 0.870. The summed E-state index contributed by atoms with van der Waals surface area (Å²) in [5.41, 5.74) is 0.749. The number of likely N-dealkylation sites (N-methyl/N-ethyl adjacent to an activating group) is 1. The number of hydrogen-bond donors (Lipinski definition) is 1. The first-order chi connectivity index (χ1) is 22.4. The van der Waals surface area contributed by atoms with Crippen molar-refractivity contribution in [3.05, 3.63) is 40.7 Å². The summed E-state index contributed by atoms with van der Waals surface area (Å²) in [4.78, 5) is 33.4. The zero-order valence-electron chi connectivity index (χ0n) is 27.0. The largest absolute Gasteiger partial charge is 0.444 e. The number of ether oxygens (including phenoxy) is 2. The fourth-order valence-corrected chi connectivity index (χ4v) is 7.91. The van der Waals surface area contributed by atoms with Crippen molar-refractivity contribution in [1.29, 1.82) is 5.26 Å². The van der Waals surface area contributed by atoms with Gasteiger partial charge in [0.25, 0.3) is 0 Å². The molecule has 0 unspecified atom stereocenters. The minimum atomic E-state index is -0.795. The van der Waals surface area contributed by atoms with Crippen molar-refractivity contribution in [3.63, 3.8) is 0 Å². The summed E-state index contributed by atoms with van der Waals surface area (Å²) in [5, 5.41) is 13.5. The van der Waals surface area contributed by atoms with Gasteiger partial charge >= 0.3 is 6.09 Å². The zero-order valence-corrected chi connectivity index (χ0v) is 27.8. The average Bonchev–Trinajstić information content (AvgIpc) is 3.75. The Bertz CT molecular complexity index is 1950. The van der Waals surface area contributed by atoms with Gasteiger partial charge in [0.2, 0.25) is 5.95 Å². The van der Waals surface area contributed by atoms with E-state index in [9.17, 15) is 10.1 Å². The van der Waals surface area contributed by atoms with E-state index in [2.05, 4.69) is 45.0 Å². The van der Waals surface area contributed by atoms with Crippen LogP contribution in [0.15, 0.2) is 12.4 Å². The molecule has 1 N–H and O–H groups in total. The van der Waals surface area contributed by atoms with Crippen LogP contribution < -0.4 is 10.2 Å². The Morgan fingerprint density at radius 2 is 1.89 bits per heavy atom. The third-order valence-corrected chi connectivity index (χ3v) is 10.3. The molecule has 1 aromatic carbocycles. The fraction of sp³-hybridized carbons (Fsp3) is 0.485. The first-order valence-corrected chi connectivity index (χ1v) is 16.5. The van der Waals surface area contributed by atoms with E-state index in [1.807, 2.05) is 0 Å². The van der Waals surface area contributed by atoms with Crippen molar-refractivity contribution in [2.24, 2.45) is 0 Å². The molecule has 4 aromatic rings. The van der Waals surface area contributed by atoms with Crippen LogP contribution >= 0.6 is 11.3 Å². The van der Waals surface area contributed by atoms with Crippen molar-refractivity contribution in [1.82, 2.24) is 24.8 Å². The van der Waals surface area contributed by atoms with Crippen LogP contribution in [0.25, 0.3) is 32.2 Å². The molecule has 7 rings (SSSR count). The molecule has 3 aromatic heterocycles. The second-order valence-electron chi connectivity index (χ2n) is 13.5. The number of carbonyl (C=O) groups excluding carboxylic acids is 1. The van der Waals surface area contributed by atoms with Gasteiger partial charge in [0.15, 0.2) is 11.6 Å². The quantitative estimate of drug-likeness (QED) is 0.294. The Morgan fingerprint density at radius 1 is 1.15 bits per heavy atom. The number of piperazine rings is 1. The third-order valence-electron chi connectivity index (χ3n) is 9.18. The lowest BCUT2D eigenvalue weighted by Crippen LogP contribution is -2.49. The highest BCUT2D eigenvalue weighted by Gasteiger charge is 2.36. The number of pyridine rings is 1. The molecular formula is C33H36F2N8O3S. The maximum absolute atomic E-state index is 17.0. The molecule has 47 heavy (non-hydrogen) atoms. The molecule has 11 nitrogen and oxygen atoms in total. The molecule has 3 aliphatic heterocycles. The van der Waals surface area contributed by atoms with E-state index in [4.69, 9.17) is 19.4 Å². The van der Waals surface area contributed by atoms with Gasteiger partial charge in [0.05, 0.1) is 35.4 Å². The number of carbonyl (C=O) groups is 1. The number of nitrogens with zero attached hydrogens (tertiary/aromatic N) is 7. The van der Waals surface area contributed by atoms with Gasteiger partial charge in [-0.05, 0) is 52.3 Å². The number of rotatable bonds is 4. The lowest BCUT2D eigenvalue weighted by atomic mass is 9.94. The highest BCUT2D eigenvalue weighted by molar-refractivity contribution is 7.23. The maximum Gasteiger partial charge on any atom is 0.412 e. The Morgan fingerprint density at radius 3 is 2.62 bits per heavy atom. The second-order valence-corrected chi connectivity index (χ2v) is 14.5. The van der Waals surface area contributed by atoms with Gasteiger partial charge in [-0.2, -0.15) is 5.26 Å². The van der Waals surface area contributed by atoms with Gasteiger partial charge in [0, 0.05) is 67.3 Å². The maximum atomic E-state index is 17.0. The lowest BCUT2D eigenvalue weighted by Gasteiger charge is -2.36. The summed E-state index contributed by atoms with van der Waals surface area (Å²) in [5.74, 6) is -0.897. The molecule has 14 heteroatoms. The number of amides is 1. The SMILES string of the molecule is C[C@H]1C[C@@H](N2CCN(C)CC2)CN1c1ncc2c3c(c(-c4ncc(F)c5sc(NC(=O)OC(C)(C)C)c(C#N)c45)c(F)c2n1)COC3. The molecule has 2 fully saturated rings. The predicted molar refractivity (Wildman–Crippen MR) is 175 cm³/mol. The molecule has 6 heterocycles. The number of anilines is 2. The molecular weight excluding hydrogens is 626 g/mol. The van der Waals surface area contributed by atoms with Crippen LogP contribution in [0.5, 0.6) is 0 Å². The van der Waals surface area contributed by atoms with Gasteiger partial charge in [-0.15, -0.1) is 11.3 Å². The molecule has 0 spiro atoms. The average molecular weight is 663 g/mol. The molecule has 2 saturated heterocycles. The molecule has 0 radical (unpaired) electrons. The first-order valence-electron chi connectivity index (χ1n) is 15.7. The lowest BCUT2D eigenvalue weighted by molar-refractivity contribution is 0.0636. The van der Waals surface area contributed by atoms with Gasteiger partial charge in [-0.1, -0.05) is 0 Å². The molecule has 2 atom stereocenters. The topological polar surface area (TPSA) is 120 Å². The monoisotopic (exact) mass is 662 g/mol. The molecule has 0 bridgehead atoms. The van der Waals surface area contributed by atoms with Crippen molar-refractivity contribution < 1.29 is 23.0 Å². The number of nitriles is 1. The van der Waals surface area contributed by atoms with E-state index in [1.165, 1.54) is 0 Å². The number of hydrogen-bond acceptors (Lipinski definition) is 11. The van der Waals surface area contributed by atoms with E-state index >= 15 is 8.78 Å². The number of nitrogens with one attached hydrogen (secondary N) is 1. The summed E-state index contributed by atoms with van der Waals surface area (Å²) in [6, 6.07) is 2.59. The van der Waals surface area contributed by atoms with E-state index in [0.29, 0.717) is 22.9 Å². The van der Waals surface area contributed by atoms with Crippen LogP contribution in [0, 0.1) is 23.0 Å². The van der Waals surface area contributed by atoms with Crippen molar-refractivity contribution in [2.45, 2.75) is 65.0 Å². The first kappa shape index (κ1) is 31.6. The number of aromatic nitrogens is 3. The third kappa shape index (κ3) is 5.65. The van der Waals surface area contributed by atoms with Gasteiger partial charge in [-0.3, -0.25) is 15.2 Å². The van der Waals surface area contributed by atoms with Crippen molar-refractivity contribution in [3.8, 4) is 17.3 Å². The van der Waals surface area contributed by atoms with Crippen LogP contribution in [0.4, 0.5) is 24.5 Å². The minimum Gasteiger partial charge on any atom is -0.444 e. The van der Waals surface area contributed by atoms with Crippen LogP contribution in [-0.2, 0) is 22.7 Å². The van der Waals surface area contributed by atoms with Crippen LogP contribution in [0.2, 0.25) is 0 Å². The smallest absolute Gasteiger partial charge is 0.412 e. The summed E-state index contributed by atoms with van der Waals surface area (Å²) in [7, 11) is 2.14. The van der Waals surface area contributed by atoms with E-state index in [0.717, 1.165) is 62.2 Å². The standard InChI is InChI=1S/C33H36F2N8O3S/c1-17-10-18(42-8-6-41(5)7-9-42)14-43(17)31-38-12-20-21-15-45-16-22(21)24(26(35)27(20)39-31)28-25-19(11-36)30(40-32(44)46-33(2,3)4)47-29(25)23(34)13-37-28/h12-13,17-18H,6-10,14-16H2,1-5H3,(H,40,44)/t17-,18+/m0/s1. The van der Waals surface area contributed by atoms with Gasteiger partial charge in [-0.25, -0.2) is 23.5 Å². The Balaban J connectivity index is 1.33. The molecule has 246 valence electrons. The fourth-order valence-electron chi connectivity index (χ4n) is 6.87. The van der Waals surface area contributed by atoms with Crippen LogP contribution in [0.3, 0.4) is 0 Å². The number of benzene rings is 1. The van der Waals surface area contributed by atoms with E-state index < -0.39 is 23.3 Å². The molecule has 0 aliphatic carbocycles. The van der Waals surface area contributed by atoms with Gasteiger partial charge in [0.1, 0.15) is 22.2 Å². The second kappa shape index (κ2) is 11.9. The number of thiophene rings is 1. The summed E-state index contributed by atoms with van der Waals surface area (Å²) in [6.45, 7) is 12.4. The highest BCUT2D eigenvalue weighted by Crippen LogP contribution is 2.46. The number of fused-ring (bicyclic) bond motifs is 4. The predicted octanol–water partition coefficient (Wildman–Crippen LogP) is 5.65. The Hall–Kier alpha value is -4.03. The van der Waals surface area contributed by atoms with E-state index in [1.54, 1.807) is 27.0 Å². The normalized spacial score (nSPS) is 20.6. The zero-order chi connectivity index (χ0) is 33.2. The molecule has 0 saturated carbocycles. The minimum absolute atomic E-state index is 0.0331. The summed E-state index contributed by atoms with van der Waals surface area (Å²) in [6.07, 6.45) is 2.84. The highest BCUT2D eigenvalue weighted by atomic mass is 32.1. The number of halogens is 2. The van der Waals surface area contributed by atoms with E-state index in [-0.39, 0.29) is 56.7 Å². The van der Waals surface area contributed by atoms with Crippen LogP contribution in [-0.4, -0.2) is 88.3 Å². The molecule has 1 amide bonds. The Labute approximate surface area is 275 Å². The van der Waals surface area contributed by atoms with Crippen LogP contribution in [0.1, 0.15) is 50.8 Å².